The van der Waals surface area contributed by atoms with Crippen LogP contribution in [0.25, 0.3) is 16.2 Å². The Hall–Kier alpha value is -1.12. The minimum atomic E-state index is 0.629. The normalized spacial score (nSPS) is 12.3. The van der Waals surface area contributed by atoms with E-state index >= 15 is 0 Å². The molecule has 14 heavy (non-hydrogen) atoms. The maximum Gasteiger partial charge on any atom is 0.0348 e. The van der Waals surface area contributed by atoms with Crippen LogP contribution in [0.15, 0.2) is 35.2 Å². The monoisotopic (exact) mass is 203 g/mol. The molecule has 0 atom stereocenters. The average Bonchev–Trinajstić information content (AvgIpc) is 2.62. The number of fused-ring (bicyclic) bond motifs is 1. The van der Waals surface area contributed by atoms with Gasteiger partial charge in [0.15, 0.2) is 0 Å². The Balaban J connectivity index is 2.53. The van der Waals surface area contributed by atoms with Crippen LogP contribution in [0.1, 0.15) is 12.5 Å². The summed E-state index contributed by atoms with van der Waals surface area (Å²) < 4.78 is 1.34. The molecule has 0 radical (unpaired) electrons. The van der Waals surface area contributed by atoms with Crippen molar-refractivity contribution in [3.63, 3.8) is 0 Å². The van der Waals surface area contributed by atoms with Gasteiger partial charge in [-0.3, -0.25) is 0 Å². The molecule has 0 amide bonds. The average molecular weight is 203 g/mol. The third kappa shape index (κ3) is 1.72. The SMILES string of the molecule is CC(=Cc1csc2ccccc12)CN. The molecule has 0 saturated heterocycles. The van der Waals surface area contributed by atoms with Crippen molar-refractivity contribution in [1.29, 1.82) is 0 Å². The van der Waals surface area contributed by atoms with Gasteiger partial charge in [0.2, 0.25) is 0 Å². The molecule has 1 heterocycles. The molecule has 0 aliphatic rings. The van der Waals surface area contributed by atoms with Crippen molar-refractivity contribution in [3.05, 3.63) is 40.8 Å². The second-order valence-corrected chi connectivity index (χ2v) is 4.29. The van der Waals surface area contributed by atoms with Crippen LogP contribution in [0.4, 0.5) is 0 Å². The molecule has 1 nitrogen and oxygen atoms in total. The van der Waals surface area contributed by atoms with Crippen LogP contribution in [-0.4, -0.2) is 6.54 Å². The summed E-state index contributed by atoms with van der Waals surface area (Å²) in [5.74, 6) is 0. The lowest BCUT2D eigenvalue weighted by atomic mass is 10.1. The van der Waals surface area contributed by atoms with E-state index in [4.69, 9.17) is 5.73 Å². The van der Waals surface area contributed by atoms with Gasteiger partial charge in [-0.2, -0.15) is 0 Å². The van der Waals surface area contributed by atoms with Crippen LogP contribution < -0.4 is 5.73 Å². The summed E-state index contributed by atoms with van der Waals surface area (Å²) in [4.78, 5) is 0. The second-order valence-electron chi connectivity index (χ2n) is 3.38. The Bertz CT molecular complexity index is 468. The first-order valence-corrected chi connectivity index (χ1v) is 5.52. The fourth-order valence-electron chi connectivity index (χ4n) is 1.43. The molecule has 0 bridgehead atoms. The molecule has 2 heteroatoms. The standard InChI is InChI=1S/C12H13NS/c1-9(7-13)6-10-8-14-12-5-3-2-4-11(10)12/h2-6,8H,7,13H2,1H3. The van der Waals surface area contributed by atoms with Gasteiger partial charge in [-0.05, 0) is 29.3 Å². The highest BCUT2D eigenvalue weighted by molar-refractivity contribution is 7.17. The lowest BCUT2D eigenvalue weighted by molar-refractivity contribution is 1.15. The molecule has 2 aromatic rings. The van der Waals surface area contributed by atoms with Gasteiger partial charge in [-0.15, -0.1) is 11.3 Å². The van der Waals surface area contributed by atoms with Crippen LogP contribution in [0.2, 0.25) is 0 Å². The summed E-state index contributed by atoms with van der Waals surface area (Å²) in [5, 5.41) is 3.51. The van der Waals surface area contributed by atoms with E-state index in [1.54, 1.807) is 11.3 Å². The maximum atomic E-state index is 5.57. The van der Waals surface area contributed by atoms with E-state index < -0.39 is 0 Å². The molecule has 0 unspecified atom stereocenters. The zero-order chi connectivity index (χ0) is 9.97. The van der Waals surface area contributed by atoms with Gasteiger partial charge < -0.3 is 5.73 Å². The van der Waals surface area contributed by atoms with Crippen LogP contribution in [-0.2, 0) is 0 Å². The third-order valence-electron chi connectivity index (χ3n) is 2.23. The van der Waals surface area contributed by atoms with E-state index in [2.05, 4.69) is 42.6 Å². The number of hydrogen-bond acceptors (Lipinski definition) is 2. The van der Waals surface area contributed by atoms with Gasteiger partial charge in [-0.25, -0.2) is 0 Å². The van der Waals surface area contributed by atoms with Crippen molar-refractivity contribution >= 4 is 27.5 Å². The van der Waals surface area contributed by atoms with Crippen LogP contribution in [0.5, 0.6) is 0 Å². The molecule has 0 spiro atoms. The number of hydrogen-bond donors (Lipinski definition) is 1. The summed E-state index contributed by atoms with van der Waals surface area (Å²) >= 11 is 1.78. The highest BCUT2D eigenvalue weighted by Gasteiger charge is 1.99. The van der Waals surface area contributed by atoms with Crippen LogP contribution in [0.3, 0.4) is 0 Å². The number of nitrogens with two attached hydrogens (primary N) is 1. The Labute approximate surface area is 87.9 Å². The molecular weight excluding hydrogens is 190 g/mol. The highest BCUT2D eigenvalue weighted by Crippen LogP contribution is 2.27. The van der Waals surface area contributed by atoms with Crippen molar-refractivity contribution in [3.8, 4) is 0 Å². The van der Waals surface area contributed by atoms with Crippen molar-refractivity contribution in [2.24, 2.45) is 5.73 Å². The molecule has 72 valence electrons. The number of benzene rings is 1. The minimum absolute atomic E-state index is 0.629. The van der Waals surface area contributed by atoms with E-state index in [-0.39, 0.29) is 0 Å². The highest BCUT2D eigenvalue weighted by atomic mass is 32.1. The summed E-state index contributed by atoms with van der Waals surface area (Å²) in [5.41, 5.74) is 8.07. The third-order valence-corrected chi connectivity index (χ3v) is 3.22. The largest absolute Gasteiger partial charge is 0.327 e. The van der Waals surface area contributed by atoms with Crippen molar-refractivity contribution in [2.75, 3.05) is 6.54 Å². The van der Waals surface area contributed by atoms with Crippen molar-refractivity contribution in [1.82, 2.24) is 0 Å². The van der Waals surface area contributed by atoms with Gasteiger partial charge >= 0.3 is 0 Å². The van der Waals surface area contributed by atoms with E-state index in [9.17, 15) is 0 Å². The maximum absolute atomic E-state index is 5.57. The molecule has 0 aliphatic carbocycles. The van der Waals surface area contributed by atoms with Gasteiger partial charge in [0.25, 0.3) is 0 Å². The molecule has 2 N–H and O–H groups in total. The number of rotatable bonds is 2. The molecule has 1 aromatic heterocycles. The number of thiophene rings is 1. The zero-order valence-corrected chi connectivity index (χ0v) is 8.97. The van der Waals surface area contributed by atoms with Crippen molar-refractivity contribution in [2.45, 2.75) is 6.92 Å². The summed E-state index contributed by atoms with van der Waals surface area (Å²) in [6.45, 7) is 2.69. The second kappa shape index (κ2) is 3.95. The molecule has 0 fully saturated rings. The predicted molar refractivity (Wildman–Crippen MR) is 64.5 cm³/mol. The van der Waals surface area contributed by atoms with E-state index in [0.29, 0.717) is 6.54 Å². The first-order valence-electron chi connectivity index (χ1n) is 4.65. The van der Waals surface area contributed by atoms with Gasteiger partial charge in [0.1, 0.15) is 0 Å². The molecule has 0 saturated carbocycles. The van der Waals surface area contributed by atoms with Gasteiger partial charge in [0.05, 0.1) is 0 Å². The molecule has 2 rings (SSSR count). The van der Waals surface area contributed by atoms with Gasteiger partial charge in [-0.1, -0.05) is 29.8 Å². The fourth-order valence-corrected chi connectivity index (χ4v) is 2.35. The van der Waals surface area contributed by atoms with Crippen LogP contribution in [0, 0.1) is 0 Å². The summed E-state index contributed by atoms with van der Waals surface area (Å²) in [7, 11) is 0. The van der Waals surface area contributed by atoms with Gasteiger partial charge in [0, 0.05) is 11.2 Å². The van der Waals surface area contributed by atoms with Crippen LogP contribution >= 0.6 is 11.3 Å². The molecular formula is C12H13NS. The summed E-state index contributed by atoms with van der Waals surface area (Å²) in [6, 6.07) is 8.45. The minimum Gasteiger partial charge on any atom is -0.327 e. The first-order chi connectivity index (χ1) is 6.81. The Morgan fingerprint density at radius 2 is 2.21 bits per heavy atom. The van der Waals surface area contributed by atoms with E-state index in [1.807, 2.05) is 0 Å². The molecule has 1 aromatic carbocycles. The van der Waals surface area contributed by atoms with Crippen molar-refractivity contribution < 1.29 is 0 Å². The zero-order valence-electron chi connectivity index (χ0n) is 8.16. The Morgan fingerprint density at radius 1 is 1.43 bits per heavy atom. The smallest absolute Gasteiger partial charge is 0.0348 e. The molecule has 0 aliphatic heterocycles. The topological polar surface area (TPSA) is 26.0 Å². The summed E-state index contributed by atoms with van der Waals surface area (Å²) in [6.07, 6.45) is 2.17. The lowest BCUT2D eigenvalue weighted by Crippen LogP contribution is -1.98. The first kappa shape index (κ1) is 9.44. The lowest BCUT2D eigenvalue weighted by Gasteiger charge is -1.95. The Kier molecular flexibility index (Phi) is 2.66. The van der Waals surface area contributed by atoms with E-state index in [0.717, 1.165) is 0 Å². The predicted octanol–water partition coefficient (Wildman–Crippen LogP) is 3.26. The Morgan fingerprint density at radius 3 is 3.00 bits per heavy atom. The van der Waals surface area contributed by atoms with E-state index in [1.165, 1.54) is 21.2 Å². The quantitative estimate of drug-likeness (QED) is 0.796. The fraction of sp³-hybridized carbons (Fsp3) is 0.167.